The zero-order chi connectivity index (χ0) is 21.7. The first kappa shape index (κ1) is 17.7. The number of carbonyl (C=O) groups is 2. The zero-order valence-electron chi connectivity index (χ0n) is 16.7. The lowest BCUT2D eigenvalue weighted by Gasteiger charge is -2.44. The number of rotatable bonds is 0. The van der Waals surface area contributed by atoms with Crippen molar-refractivity contribution in [3.63, 3.8) is 0 Å². The van der Waals surface area contributed by atoms with E-state index >= 15 is 0 Å². The normalized spacial score (nSPS) is 20.8. The Bertz CT molecular complexity index is 1430. The van der Waals surface area contributed by atoms with Crippen molar-refractivity contribution in [2.45, 2.75) is 11.9 Å². The van der Waals surface area contributed by atoms with Gasteiger partial charge in [0.2, 0.25) is 5.41 Å². The van der Waals surface area contributed by atoms with Crippen LogP contribution in [-0.2, 0) is 5.79 Å². The highest BCUT2D eigenvalue weighted by molar-refractivity contribution is 6.31. The Morgan fingerprint density at radius 3 is 1.88 bits per heavy atom. The van der Waals surface area contributed by atoms with Crippen molar-refractivity contribution in [3.05, 3.63) is 107 Å². The molecule has 0 aromatic heterocycles. The monoisotopic (exact) mass is 420 g/mol. The molecule has 0 saturated carbocycles. The molecule has 0 amide bonds. The van der Waals surface area contributed by atoms with Gasteiger partial charge >= 0.3 is 5.79 Å². The first-order valence-electron chi connectivity index (χ1n) is 10.5. The van der Waals surface area contributed by atoms with Gasteiger partial charge in [-0.2, -0.15) is 0 Å². The van der Waals surface area contributed by atoms with Crippen LogP contribution < -0.4 is 9.47 Å². The summed E-state index contributed by atoms with van der Waals surface area (Å²) >= 11 is 0. The SMILES string of the molecule is O=C1c2ccccc2C(=O)C12C(O)c1ccccc1C21Oc2cccc3cccc(c23)O1. The molecular formula is C27H16O5. The number of aliphatic hydroxyl groups is 1. The fraction of sp³-hybridized carbons (Fsp3) is 0.111. The molecule has 2 spiro atoms. The average Bonchev–Trinajstić information content (AvgIpc) is 3.18. The molecule has 3 aliphatic rings. The lowest BCUT2D eigenvalue weighted by Crippen LogP contribution is -2.59. The molecule has 4 aromatic rings. The average molecular weight is 420 g/mol. The van der Waals surface area contributed by atoms with Gasteiger partial charge in [0.05, 0.1) is 5.39 Å². The van der Waals surface area contributed by atoms with Crippen LogP contribution in [0.3, 0.4) is 0 Å². The van der Waals surface area contributed by atoms with Crippen molar-refractivity contribution in [2.75, 3.05) is 0 Å². The molecule has 4 aromatic carbocycles. The Balaban J connectivity index is 1.59. The first-order chi connectivity index (χ1) is 15.6. The first-order valence-corrected chi connectivity index (χ1v) is 10.5. The van der Waals surface area contributed by atoms with E-state index in [-0.39, 0.29) is 11.1 Å². The van der Waals surface area contributed by atoms with Crippen LogP contribution in [-0.4, -0.2) is 16.7 Å². The van der Waals surface area contributed by atoms with Gasteiger partial charge < -0.3 is 14.6 Å². The van der Waals surface area contributed by atoms with E-state index in [1.165, 1.54) is 0 Å². The lowest BCUT2D eigenvalue weighted by molar-refractivity contribution is -0.192. The van der Waals surface area contributed by atoms with Crippen LogP contribution in [0.25, 0.3) is 10.8 Å². The van der Waals surface area contributed by atoms with E-state index in [1.807, 2.05) is 24.3 Å². The van der Waals surface area contributed by atoms with Crippen LogP contribution >= 0.6 is 0 Å². The molecule has 0 saturated heterocycles. The smallest absolute Gasteiger partial charge is 0.301 e. The van der Waals surface area contributed by atoms with Crippen LogP contribution in [0.5, 0.6) is 11.5 Å². The summed E-state index contributed by atoms with van der Waals surface area (Å²) in [5.41, 5.74) is -0.515. The summed E-state index contributed by atoms with van der Waals surface area (Å²) in [5.74, 6) is -1.81. The predicted octanol–water partition coefficient (Wildman–Crippen LogP) is 4.58. The molecule has 1 N–H and O–H groups in total. The van der Waals surface area contributed by atoms with Crippen LogP contribution in [0, 0.1) is 5.41 Å². The summed E-state index contributed by atoms with van der Waals surface area (Å²) in [5, 5.41) is 13.3. The molecule has 7 rings (SSSR count). The third kappa shape index (κ3) is 1.73. The third-order valence-electron chi connectivity index (χ3n) is 7.01. The van der Waals surface area contributed by atoms with Gasteiger partial charge in [0, 0.05) is 16.7 Å². The summed E-state index contributed by atoms with van der Waals surface area (Å²) < 4.78 is 13.1. The standard InChI is InChI=1S/C27H16O5/c28-23-16-9-1-2-10-17(16)24(29)26(23)25(30)18-11-3-4-12-19(18)27(26)31-20-13-5-7-15-8-6-14-21(32-27)22(15)20/h1-14,25,30H. The van der Waals surface area contributed by atoms with Gasteiger partial charge in [0.1, 0.15) is 17.6 Å². The summed E-state index contributed by atoms with van der Waals surface area (Å²) in [6, 6.07) is 24.9. The Morgan fingerprint density at radius 1 is 0.688 bits per heavy atom. The number of fused-ring (bicyclic) bond motifs is 4. The molecule has 1 atom stereocenters. The van der Waals surface area contributed by atoms with Gasteiger partial charge in [-0.05, 0) is 23.1 Å². The zero-order valence-corrected chi connectivity index (χ0v) is 16.7. The summed E-state index contributed by atoms with van der Waals surface area (Å²) in [6.07, 6.45) is -1.42. The molecule has 5 heteroatoms. The van der Waals surface area contributed by atoms with E-state index in [0.717, 1.165) is 10.8 Å². The van der Waals surface area contributed by atoms with E-state index in [1.54, 1.807) is 60.7 Å². The van der Waals surface area contributed by atoms with Crippen LogP contribution in [0.15, 0.2) is 84.9 Å². The maximum absolute atomic E-state index is 14.0. The molecule has 0 bridgehead atoms. The highest BCUT2D eigenvalue weighted by Gasteiger charge is 2.78. The van der Waals surface area contributed by atoms with Crippen molar-refractivity contribution in [3.8, 4) is 11.5 Å². The van der Waals surface area contributed by atoms with E-state index in [2.05, 4.69) is 0 Å². The van der Waals surface area contributed by atoms with E-state index in [4.69, 9.17) is 9.47 Å². The van der Waals surface area contributed by atoms with Crippen LogP contribution in [0.4, 0.5) is 0 Å². The van der Waals surface area contributed by atoms with Crippen molar-refractivity contribution in [2.24, 2.45) is 5.41 Å². The highest BCUT2D eigenvalue weighted by atomic mass is 16.7. The molecule has 2 aliphatic carbocycles. The van der Waals surface area contributed by atoms with E-state index < -0.39 is 28.9 Å². The molecule has 32 heavy (non-hydrogen) atoms. The predicted molar refractivity (Wildman–Crippen MR) is 116 cm³/mol. The van der Waals surface area contributed by atoms with Gasteiger partial charge in [-0.3, -0.25) is 9.59 Å². The molecule has 5 nitrogen and oxygen atoms in total. The number of Topliss-reactive ketones (excluding diaryl/α,β-unsaturated/α-hetero) is 2. The van der Waals surface area contributed by atoms with Gasteiger partial charge in [0.15, 0.2) is 11.6 Å². The van der Waals surface area contributed by atoms with Gasteiger partial charge in [0.25, 0.3) is 0 Å². The number of hydrogen-bond acceptors (Lipinski definition) is 5. The number of ketones is 2. The second-order valence-corrected chi connectivity index (χ2v) is 8.43. The minimum atomic E-state index is -1.99. The fourth-order valence-electron chi connectivity index (χ4n) is 5.66. The molecular weight excluding hydrogens is 404 g/mol. The number of hydrogen-bond donors (Lipinski definition) is 1. The third-order valence-corrected chi connectivity index (χ3v) is 7.01. The van der Waals surface area contributed by atoms with Gasteiger partial charge in [-0.15, -0.1) is 0 Å². The molecule has 1 aliphatic heterocycles. The molecule has 0 fully saturated rings. The maximum Gasteiger partial charge on any atom is 0.301 e. The Kier molecular flexibility index (Phi) is 3.12. The Labute approximate surface area is 182 Å². The summed E-state index contributed by atoms with van der Waals surface area (Å²) in [6.45, 7) is 0. The molecule has 1 unspecified atom stereocenters. The van der Waals surface area contributed by atoms with Crippen molar-refractivity contribution >= 4 is 22.3 Å². The van der Waals surface area contributed by atoms with Crippen LogP contribution in [0.2, 0.25) is 0 Å². The minimum Gasteiger partial charge on any atom is -0.446 e. The fourth-order valence-corrected chi connectivity index (χ4v) is 5.66. The number of benzene rings is 4. The molecule has 154 valence electrons. The van der Waals surface area contributed by atoms with Gasteiger partial charge in [-0.25, -0.2) is 0 Å². The van der Waals surface area contributed by atoms with Crippen molar-refractivity contribution < 1.29 is 24.2 Å². The Hall–Kier alpha value is -3.96. The minimum absolute atomic E-state index is 0.271. The van der Waals surface area contributed by atoms with E-state index in [0.29, 0.717) is 22.6 Å². The highest BCUT2D eigenvalue weighted by Crippen LogP contribution is 2.65. The summed E-state index contributed by atoms with van der Waals surface area (Å²) in [7, 11) is 0. The second kappa shape index (κ2) is 5.64. The topological polar surface area (TPSA) is 72.8 Å². The summed E-state index contributed by atoms with van der Waals surface area (Å²) in [4.78, 5) is 28.0. The second-order valence-electron chi connectivity index (χ2n) is 8.43. The Morgan fingerprint density at radius 2 is 1.25 bits per heavy atom. The van der Waals surface area contributed by atoms with Crippen molar-refractivity contribution in [1.29, 1.82) is 0 Å². The van der Waals surface area contributed by atoms with Crippen molar-refractivity contribution in [1.82, 2.24) is 0 Å². The van der Waals surface area contributed by atoms with Gasteiger partial charge in [-0.1, -0.05) is 72.8 Å². The van der Waals surface area contributed by atoms with E-state index in [9.17, 15) is 14.7 Å². The largest absolute Gasteiger partial charge is 0.446 e. The number of carbonyl (C=O) groups excluding carboxylic acids is 2. The maximum atomic E-state index is 14.0. The molecule has 1 heterocycles. The number of aliphatic hydroxyl groups excluding tert-OH is 1. The molecule has 0 radical (unpaired) electrons. The lowest BCUT2D eigenvalue weighted by atomic mass is 9.72. The van der Waals surface area contributed by atoms with Crippen LogP contribution in [0.1, 0.15) is 37.9 Å². The quantitative estimate of drug-likeness (QED) is 0.422. The number of ether oxygens (including phenoxy) is 2.